The van der Waals surface area contributed by atoms with Crippen LogP contribution in [0.5, 0.6) is 0 Å². The van der Waals surface area contributed by atoms with E-state index in [2.05, 4.69) is 10.3 Å². The third kappa shape index (κ3) is 3.72. The molecule has 1 fully saturated rings. The van der Waals surface area contributed by atoms with Gasteiger partial charge in [-0.3, -0.25) is 4.79 Å². The molecule has 2 atom stereocenters. The van der Waals surface area contributed by atoms with Gasteiger partial charge in [-0.15, -0.1) is 0 Å². The number of urea groups is 1. The van der Waals surface area contributed by atoms with Gasteiger partial charge in [-0.25, -0.2) is 9.78 Å². The Hall–Kier alpha value is -2.09. The van der Waals surface area contributed by atoms with E-state index in [1.54, 1.807) is 12.5 Å². The topological polar surface area (TPSA) is 96.7 Å². The number of likely N-dealkylation sites (N-methyl/N-ethyl adjacent to an activating group) is 1. The van der Waals surface area contributed by atoms with E-state index in [9.17, 15) is 9.59 Å². The van der Waals surface area contributed by atoms with E-state index < -0.39 is 17.9 Å². The van der Waals surface area contributed by atoms with Crippen LogP contribution in [-0.2, 0) is 16.1 Å². The Morgan fingerprint density at radius 1 is 1.52 bits per heavy atom. The molecule has 0 saturated carbocycles. The Morgan fingerprint density at radius 2 is 2.33 bits per heavy atom. The second-order valence-corrected chi connectivity index (χ2v) is 4.87. The van der Waals surface area contributed by atoms with Gasteiger partial charge in [0.25, 0.3) is 0 Å². The Balaban J connectivity index is 1.87. The first-order valence-corrected chi connectivity index (χ1v) is 6.94. The number of carbonyl (C=O) groups excluding carboxylic acids is 1. The van der Waals surface area contributed by atoms with Crippen LogP contribution in [0, 0.1) is 5.92 Å². The monoisotopic (exact) mass is 296 g/mol. The van der Waals surface area contributed by atoms with Crippen molar-refractivity contribution < 1.29 is 19.4 Å². The largest absolute Gasteiger partial charge is 0.481 e. The van der Waals surface area contributed by atoms with Gasteiger partial charge in [0.05, 0.1) is 25.6 Å². The average molecular weight is 296 g/mol. The molecule has 8 heteroatoms. The number of ether oxygens (including phenoxy) is 1. The summed E-state index contributed by atoms with van der Waals surface area (Å²) in [6, 6.07) is -0.680. The van der Waals surface area contributed by atoms with Crippen molar-refractivity contribution >= 4 is 12.0 Å². The fraction of sp³-hybridized carbons (Fsp3) is 0.615. The maximum absolute atomic E-state index is 12.2. The lowest BCUT2D eigenvalue weighted by Gasteiger charge is -2.29. The molecule has 1 aliphatic rings. The molecule has 1 saturated heterocycles. The summed E-state index contributed by atoms with van der Waals surface area (Å²) in [5.74, 6) is -1.59. The third-order valence-electron chi connectivity index (χ3n) is 3.57. The SMILES string of the molecule is CCN(C(=O)NCCn1ccnc1)C1COCC1C(=O)O. The summed E-state index contributed by atoms with van der Waals surface area (Å²) in [5.41, 5.74) is 0. The molecule has 2 N–H and O–H groups in total. The highest BCUT2D eigenvalue weighted by Gasteiger charge is 2.39. The highest BCUT2D eigenvalue weighted by molar-refractivity contribution is 5.77. The number of nitrogens with one attached hydrogen (secondary N) is 1. The Kier molecular flexibility index (Phi) is 5.15. The van der Waals surface area contributed by atoms with Gasteiger partial charge in [0.15, 0.2) is 0 Å². The highest BCUT2D eigenvalue weighted by Crippen LogP contribution is 2.20. The summed E-state index contributed by atoms with van der Waals surface area (Å²) >= 11 is 0. The molecule has 2 rings (SSSR count). The molecular weight excluding hydrogens is 276 g/mol. The minimum atomic E-state index is -0.929. The zero-order valence-corrected chi connectivity index (χ0v) is 11.9. The third-order valence-corrected chi connectivity index (χ3v) is 3.57. The molecule has 1 aromatic rings. The van der Waals surface area contributed by atoms with Crippen LogP contribution in [0.15, 0.2) is 18.7 Å². The van der Waals surface area contributed by atoms with Crippen molar-refractivity contribution in [3.05, 3.63) is 18.7 Å². The number of amides is 2. The van der Waals surface area contributed by atoms with Gasteiger partial charge in [-0.05, 0) is 6.92 Å². The molecule has 0 bridgehead atoms. The van der Waals surface area contributed by atoms with Crippen molar-refractivity contribution in [3.8, 4) is 0 Å². The van der Waals surface area contributed by atoms with Crippen LogP contribution < -0.4 is 5.32 Å². The van der Waals surface area contributed by atoms with Crippen LogP contribution >= 0.6 is 0 Å². The van der Waals surface area contributed by atoms with Crippen molar-refractivity contribution in [2.45, 2.75) is 19.5 Å². The molecule has 1 aliphatic heterocycles. The van der Waals surface area contributed by atoms with Crippen LogP contribution in [0.2, 0.25) is 0 Å². The molecule has 8 nitrogen and oxygen atoms in total. The number of carbonyl (C=O) groups is 2. The van der Waals surface area contributed by atoms with E-state index in [1.165, 1.54) is 4.90 Å². The quantitative estimate of drug-likeness (QED) is 0.771. The molecule has 2 heterocycles. The van der Waals surface area contributed by atoms with Gasteiger partial charge in [0, 0.05) is 32.0 Å². The van der Waals surface area contributed by atoms with E-state index >= 15 is 0 Å². The van der Waals surface area contributed by atoms with Crippen molar-refractivity contribution in [1.29, 1.82) is 0 Å². The van der Waals surface area contributed by atoms with Gasteiger partial charge in [0.1, 0.15) is 5.92 Å². The molecule has 0 aromatic carbocycles. The number of hydrogen-bond donors (Lipinski definition) is 2. The first kappa shape index (κ1) is 15.3. The van der Waals surface area contributed by atoms with Crippen LogP contribution in [0.3, 0.4) is 0 Å². The number of carboxylic acid groups (broad SMARTS) is 1. The smallest absolute Gasteiger partial charge is 0.317 e. The fourth-order valence-corrected chi connectivity index (χ4v) is 2.43. The molecule has 0 radical (unpaired) electrons. The molecular formula is C13H20N4O4. The zero-order valence-electron chi connectivity index (χ0n) is 11.9. The van der Waals surface area contributed by atoms with Crippen LogP contribution in [0.1, 0.15) is 6.92 Å². The van der Waals surface area contributed by atoms with E-state index in [0.717, 1.165) is 0 Å². The standard InChI is InChI=1S/C13H20N4O4/c1-2-17(11-8-21-7-10(11)12(18)19)13(20)15-4-6-16-5-3-14-9-16/h3,5,9-11H,2,4,6-8H2,1H3,(H,15,20)(H,18,19). The molecule has 21 heavy (non-hydrogen) atoms. The van der Waals surface area contributed by atoms with E-state index in [-0.39, 0.29) is 19.2 Å². The number of aromatic nitrogens is 2. The zero-order chi connectivity index (χ0) is 15.2. The van der Waals surface area contributed by atoms with Crippen molar-refractivity contribution in [1.82, 2.24) is 19.8 Å². The minimum absolute atomic E-state index is 0.152. The number of carboxylic acids is 1. The maximum Gasteiger partial charge on any atom is 0.317 e. The predicted molar refractivity (Wildman–Crippen MR) is 73.7 cm³/mol. The summed E-state index contributed by atoms with van der Waals surface area (Å²) < 4.78 is 7.07. The van der Waals surface area contributed by atoms with Gasteiger partial charge in [0.2, 0.25) is 0 Å². The average Bonchev–Trinajstić information content (AvgIpc) is 3.10. The lowest BCUT2D eigenvalue weighted by atomic mass is 10.0. The first-order valence-electron chi connectivity index (χ1n) is 6.94. The number of hydrogen-bond acceptors (Lipinski definition) is 4. The summed E-state index contributed by atoms with van der Waals surface area (Å²) in [5, 5.41) is 12.0. The van der Waals surface area contributed by atoms with Crippen LogP contribution in [-0.4, -0.2) is 63.9 Å². The number of nitrogens with zero attached hydrogens (tertiary/aromatic N) is 3. The van der Waals surface area contributed by atoms with Gasteiger partial charge >= 0.3 is 12.0 Å². The van der Waals surface area contributed by atoms with Gasteiger partial charge < -0.3 is 24.6 Å². The van der Waals surface area contributed by atoms with Crippen LogP contribution in [0.25, 0.3) is 0 Å². The van der Waals surface area contributed by atoms with Crippen molar-refractivity contribution in [2.24, 2.45) is 5.92 Å². The summed E-state index contributed by atoms with van der Waals surface area (Å²) in [6.07, 6.45) is 5.16. The van der Waals surface area contributed by atoms with Gasteiger partial charge in [-0.1, -0.05) is 0 Å². The maximum atomic E-state index is 12.2. The second kappa shape index (κ2) is 7.07. The minimum Gasteiger partial charge on any atom is -0.481 e. The predicted octanol–water partition coefficient (Wildman–Crippen LogP) is 0.0142. The number of rotatable bonds is 6. The molecule has 0 aliphatic carbocycles. The lowest BCUT2D eigenvalue weighted by molar-refractivity contribution is -0.142. The molecule has 2 unspecified atom stereocenters. The Labute approximate surface area is 122 Å². The number of aliphatic carboxylic acids is 1. The molecule has 0 spiro atoms. The number of imidazole rings is 1. The Bertz CT molecular complexity index is 477. The van der Waals surface area contributed by atoms with E-state index in [0.29, 0.717) is 19.6 Å². The highest BCUT2D eigenvalue weighted by atomic mass is 16.5. The summed E-state index contributed by atoms with van der Waals surface area (Å²) in [4.78, 5) is 28.8. The van der Waals surface area contributed by atoms with E-state index in [1.807, 2.05) is 17.7 Å². The van der Waals surface area contributed by atoms with Crippen molar-refractivity contribution in [2.75, 3.05) is 26.3 Å². The van der Waals surface area contributed by atoms with Gasteiger partial charge in [-0.2, -0.15) is 0 Å². The molecule has 1 aromatic heterocycles. The lowest BCUT2D eigenvalue weighted by Crippen LogP contribution is -2.50. The molecule has 116 valence electrons. The second-order valence-electron chi connectivity index (χ2n) is 4.87. The van der Waals surface area contributed by atoms with Crippen molar-refractivity contribution in [3.63, 3.8) is 0 Å². The first-order chi connectivity index (χ1) is 10.1. The fourth-order valence-electron chi connectivity index (χ4n) is 2.43. The molecule has 2 amide bonds. The van der Waals surface area contributed by atoms with Crippen LogP contribution in [0.4, 0.5) is 4.79 Å². The summed E-state index contributed by atoms with van der Waals surface area (Å²) in [6.45, 7) is 3.75. The summed E-state index contributed by atoms with van der Waals surface area (Å²) in [7, 11) is 0. The normalized spacial score (nSPS) is 21.2. The Morgan fingerprint density at radius 3 is 2.95 bits per heavy atom. The van der Waals surface area contributed by atoms with E-state index in [4.69, 9.17) is 9.84 Å².